The molecular weight excluding hydrogens is 390 g/mol. The highest BCUT2D eigenvalue weighted by Crippen LogP contribution is 2.39. The SMILES string of the molecule is CCCCCn1c(O)c(N=NC(=O)COc2ccc3ccccc3c2)c2ccccc21. The number of fused-ring (bicyclic) bond motifs is 2. The van der Waals surface area contributed by atoms with Crippen LogP contribution in [0.5, 0.6) is 11.6 Å². The Hall–Kier alpha value is -3.67. The fourth-order valence-electron chi connectivity index (χ4n) is 3.65. The zero-order valence-electron chi connectivity index (χ0n) is 17.5. The summed E-state index contributed by atoms with van der Waals surface area (Å²) in [6.45, 7) is 2.60. The molecule has 0 aliphatic rings. The van der Waals surface area contributed by atoms with Crippen LogP contribution in [0.2, 0.25) is 0 Å². The Bertz CT molecular complexity index is 1240. The molecule has 1 amide bonds. The summed E-state index contributed by atoms with van der Waals surface area (Å²) in [7, 11) is 0. The van der Waals surface area contributed by atoms with Crippen molar-refractivity contribution in [3.05, 3.63) is 66.7 Å². The number of ether oxygens (including phenoxy) is 1. The van der Waals surface area contributed by atoms with Gasteiger partial charge in [-0.15, -0.1) is 10.2 Å². The number of carbonyl (C=O) groups excluding carboxylic acids is 1. The van der Waals surface area contributed by atoms with E-state index < -0.39 is 5.91 Å². The molecule has 0 atom stereocenters. The predicted octanol–water partition coefficient (Wildman–Crippen LogP) is 6.38. The molecule has 0 aliphatic carbocycles. The maximum absolute atomic E-state index is 12.2. The van der Waals surface area contributed by atoms with Crippen molar-refractivity contribution in [1.82, 2.24) is 4.57 Å². The molecule has 1 N–H and O–H groups in total. The number of hydrogen-bond donors (Lipinski definition) is 1. The molecule has 6 nitrogen and oxygen atoms in total. The normalized spacial score (nSPS) is 11.5. The van der Waals surface area contributed by atoms with Crippen LogP contribution >= 0.6 is 0 Å². The van der Waals surface area contributed by atoms with Gasteiger partial charge in [0.05, 0.1) is 5.52 Å². The molecule has 0 aliphatic heterocycles. The first-order valence-corrected chi connectivity index (χ1v) is 10.5. The maximum atomic E-state index is 12.2. The van der Waals surface area contributed by atoms with Gasteiger partial charge in [0, 0.05) is 11.9 Å². The number of aromatic hydroxyl groups is 1. The summed E-state index contributed by atoms with van der Waals surface area (Å²) in [6.07, 6.45) is 3.13. The highest BCUT2D eigenvalue weighted by atomic mass is 16.5. The van der Waals surface area contributed by atoms with E-state index in [0.717, 1.165) is 40.9 Å². The molecule has 0 fully saturated rings. The van der Waals surface area contributed by atoms with Crippen molar-refractivity contribution in [3.8, 4) is 11.6 Å². The summed E-state index contributed by atoms with van der Waals surface area (Å²) in [5.41, 5.74) is 1.19. The minimum Gasteiger partial charge on any atom is -0.493 e. The Labute approximate surface area is 180 Å². The molecule has 1 aromatic heterocycles. The number of benzene rings is 3. The number of amides is 1. The van der Waals surface area contributed by atoms with Crippen molar-refractivity contribution in [1.29, 1.82) is 0 Å². The second-order valence-electron chi connectivity index (χ2n) is 7.44. The predicted molar refractivity (Wildman–Crippen MR) is 122 cm³/mol. The van der Waals surface area contributed by atoms with Crippen molar-refractivity contribution >= 4 is 33.3 Å². The van der Waals surface area contributed by atoms with Crippen molar-refractivity contribution in [2.24, 2.45) is 10.2 Å². The fraction of sp³-hybridized carbons (Fsp3) is 0.240. The number of para-hydroxylation sites is 1. The summed E-state index contributed by atoms with van der Waals surface area (Å²) < 4.78 is 7.41. The van der Waals surface area contributed by atoms with E-state index in [1.54, 1.807) is 0 Å². The van der Waals surface area contributed by atoms with Crippen LogP contribution in [0.15, 0.2) is 77.0 Å². The van der Waals surface area contributed by atoms with Crippen molar-refractivity contribution in [2.75, 3.05) is 6.61 Å². The lowest BCUT2D eigenvalue weighted by Gasteiger charge is -2.06. The van der Waals surface area contributed by atoms with Crippen LogP contribution in [0.1, 0.15) is 26.2 Å². The highest BCUT2D eigenvalue weighted by molar-refractivity contribution is 5.95. The Morgan fingerprint density at radius 2 is 1.77 bits per heavy atom. The van der Waals surface area contributed by atoms with Gasteiger partial charge in [-0.05, 0) is 35.4 Å². The minimum absolute atomic E-state index is 0.0318. The Kier molecular flexibility index (Phi) is 6.26. The quantitative estimate of drug-likeness (QED) is 0.268. The monoisotopic (exact) mass is 415 g/mol. The van der Waals surface area contributed by atoms with Gasteiger partial charge in [0.2, 0.25) is 5.88 Å². The first-order valence-electron chi connectivity index (χ1n) is 10.5. The third kappa shape index (κ3) is 4.58. The Balaban J connectivity index is 1.48. The molecule has 1 heterocycles. The zero-order valence-corrected chi connectivity index (χ0v) is 17.5. The highest BCUT2D eigenvalue weighted by Gasteiger charge is 2.16. The van der Waals surface area contributed by atoms with E-state index in [4.69, 9.17) is 4.74 Å². The van der Waals surface area contributed by atoms with Gasteiger partial charge in [-0.3, -0.25) is 4.79 Å². The van der Waals surface area contributed by atoms with Gasteiger partial charge in [0.1, 0.15) is 5.75 Å². The Morgan fingerprint density at radius 3 is 2.61 bits per heavy atom. The second-order valence-corrected chi connectivity index (χ2v) is 7.44. The van der Waals surface area contributed by atoms with Crippen LogP contribution in [0.4, 0.5) is 5.69 Å². The lowest BCUT2D eigenvalue weighted by atomic mass is 10.1. The second kappa shape index (κ2) is 9.43. The minimum atomic E-state index is -0.518. The number of nitrogens with zero attached hydrogens (tertiary/aromatic N) is 3. The van der Waals surface area contributed by atoms with Gasteiger partial charge in [0.15, 0.2) is 12.3 Å². The molecule has 3 aromatic carbocycles. The van der Waals surface area contributed by atoms with Crippen molar-refractivity contribution in [3.63, 3.8) is 0 Å². The van der Waals surface area contributed by atoms with E-state index in [-0.39, 0.29) is 12.5 Å². The van der Waals surface area contributed by atoms with E-state index in [1.807, 2.05) is 71.3 Å². The molecule has 4 rings (SSSR count). The zero-order chi connectivity index (χ0) is 21.6. The van der Waals surface area contributed by atoms with E-state index in [9.17, 15) is 9.90 Å². The fourth-order valence-corrected chi connectivity index (χ4v) is 3.65. The summed E-state index contributed by atoms with van der Waals surface area (Å²) in [5, 5.41) is 21.5. The number of aryl methyl sites for hydroxylation is 1. The molecule has 0 unspecified atom stereocenters. The average Bonchev–Trinajstić information content (AvgIpc) is 3.07. The van der Waals surface area contributed by atoms with Crippen LogP contribution in [-0.4, -0.2) is 22.2 Å². The number of carbonyl (C=O) groups is 1. The molecule has 31 heavy (non-hydrogen) atoms. The average molecular weight is 415 g/mol. The van der Waals surface area contributed by atoms with E-state index in [1.165, 1.54) is 0 Å². The standard InChI is InChI=1S/C25H25N3O3/c1-2-3-8-15-28-22-12-7-6-11-21(22)24(25(28)30)27-26-23(29)17-31-20-14-13-18-9-4-5-10-19(18)16-20/h4-7,9-14,16,30H,2-3,8,15,17H2,1H3. The largest absolute Gasteiger partial charge is 0.493 e. The van der Waals surface area contributed by atoms with Crippen LogP contribution < -0.4 is 4.74 Å². The topological polar surface area (TPSA) is 76.2 Å². The summed E-state index contributed by atoms with van der Waals surface area (Å²) in [5.74, 6) is 0.109. The van der Waals surface area contributed by atoms with Crippen LogP contribution in [0.3, 0.4) is 0 Å². The molecule has 0 spiro atoms. The van der Waals surface area contributed by atoms with E-state index in [0.29, 0.717) is 18.0 Å². The number of hydrogen-bond acceptors (Lipinski definition) is 4. The van der Waals surface area contributed by atoms with Gasteiger partial charge in [0.25, 0.3) is 0 Å². The van der Waals surface area contributed by atoms with Gasteiger partial charge in [-0.2, -0.15) is 0 Å². The van der Waals surface area contributed by atoms with E-state index in [2.05, 4.69) is 17.2 Å². The first-order chi connectivity index (χ1) is 15.2. The third-order valence-electron chi connectivity index (χ3n) is 5.25. The third-order valence-corrected chi connectivity index (χ3v) is 5.25. The molecular formula is C25H25N3O3. The van der Waals surface area contributed by atoms with Crippen LogP contribution in [-0.2, 0) is 11.3 Å². The van der Waals surface area contributed by atoms with Crippen LogP contribution in [0, 0.1) is 0 Å². The van der Waals surface area contributed by atoms with Crippen molar-refractivity contribution in [2.45, 2.75) is 32.7 Å². The summed E-state index contributed by atoms with van der Waals surface area (Å²) in [4.78, 5) is 12.2. The molecule has 6 heteroatoms. The molecule has 0 saturated heterocycles. The summed E-state index contributed by atoms with van der Waals surface area (Å²) in [6, 6.07) is 21.2. The van der Waals surface area contributed by atoms with Crippen molar-refractivity contribution < 1.29 is 14.6 Å². The van der Waals surface area contributed by atoms with Crippen LogP contribution in [0.25, 0.3) is 21.7 Å². The Morgan fingerprint density at radius 1 is 1.00 bits per heavy atom. The number of azo groups is 1. The molecule has 0 bridgehead atoms. The van der Waals surface area contributed by atoms with Gasteiger partial charge >= 0.3 is 5.91 Å². The lowest BCUT2D eigenvalue weighted by Crippen LogP contribution is -2.07. The first kappa shape index (κ1) is 20.6. The summed E-state index contributed by atoms with van der Waals surface area (Å²) >= 11 is 0. The van der Waals surface area contributed by atoms with Gasteiger partial charge in [-0.25, -0.2) is 0 Å². The smallest absolute Gasteiger partial charge is 0.302 e. The van der Waals surface area contributed by atoms with E-state index >= 15 is 0 Å². The number of rotatable bonds is 8. The lowest BCUT2D eigenvalue weighted by molar-refractivity contribution is -0.120. The number of aromatic nitrogens is 1. The van der Waals surface area contributed by atoms with Gasteiger partial charge in [-0.1, -0.05) is 68.3 Å². The molecule has 0 radical (unpaired) electrons. The van der Waals surface area contributed by atoms with Gasteiger partial charge < -0.3 is 14.4 Å². The molecule has 4 aromatic rings. The maximum Gasteiger partial charge on any atom is 0.302 e. The molecule has 158 valence electrons. The molecule has 0 saturated carbocycles. The number of unbranched alkanes of at least 4 members (excludes halogenated alkanes) is 2.